The Morgan fingerprint density at radius 2 is 1.74 bits per heavy atom. The molecule has 0 bridgehead atoms. The first-order valence-electron chi connectivity index (χ1n) is 12.4. The number of alkyl halides is 3. The maximum absolute atomic E-state index is 13.5. The van der Waals surface area contributed by atoms with Crippen LogP contribution in [0.25, 0.3) is 16.4 Å². The van der Waals surface area contributed by atoms with Gasteiger partial charge in [0.15, 0.2) is 5.65 Å². The Morgan fingerprint density at radius 3 is 2.47 bits per heavy atom. The molecule has 0 saturated heterocycles. The Morgan fingerprint density at radius 1 is 0.974 bits per heavy atom. The van der Waals surface area contributed by atoms with E-state index in [9.17, 15) is 13.2 Å². The van der Waals surface area contributed by atoms with E-state index in [1.54, 1.807) is 24.3 Å². The van der Waals surface area contributed by atoms with Crippen LogP contribution >= 0.6 is 0 Å². The molecule has 1 unspecified atom stereocenters. The molecule has 2 aromatic carbocycles. The van der Waals surface area contributed by atoms with Gasteiger partial charge in [-0.15, -0.1) is 15.3 Å². The number of halogens is 3. The van der Waals surface area contributed by atoms with Crippen LogP contribution in [0.4, 0.5) is 13.2 Å². The van der Waals surface area contributed by atoms with Crippen molar-refractivity contribution in [2.45, 2.75) is 45.4 Å². The lowest BCUT2D eigenvalue weighted by molar-refractivity contribution is -0.146. The third kappa shape index (κ3) is 4.79. The number of rotatable bonds is 8. The molecule has 0 fully saturated rings. The Hall–Kier alpha value is -4.05. The van der Waals surface area contributed by atoms with Crippen LogP contribution in [0, 0.1) is 6.92 Å². The van der Waals surface area contributed by atoms with Gasteiger partial charge < -0.3 is 10.5 Å². The number of fused-ring (bicyclic) bond motifs is 3. The molecule has 10 heteroatoms. The Labute approximate surface area is 217 Å². The third-order valence-corrected chi connectivity index (χ3v) is 6.71. The molecular weight excluding hydrogens is 493 g/mol. The number of hydrogen-bond acceptors (Lipinski definition) is 6. The second-order valence-corrected chi connectivity index (χ2v) is 9.08. The van der Waals surface area contributed by atoms with E-state index in [1.807, 2.05) is 18.2 Å². The first-order chi connectivity index (χ1) is 18.3. The van der Waals surface area contributed by atoms with Gasteiger partial charge in [-0.05, 0) is 61.2 Å². The van der Waals surface area contributed by atoms with Gasteiger partial charge in [-0.25, -0.2) is 0 Å². The third-order valence-electron chi connectivity index (χ3n) is 6.71. The van der Waals surface area contributed by atoms with Crippen molar-refractivity contribution in [3.05, 3.63) is 94.6 Å². The molecule has 0 radical (unpaired) electrons. The van der Waals surface area contributed by atoms with Crippen molar-refractivity contribution in [2.24, 2.45) is 5.73 Å². The van der Waals surface area contributed by atoms with Gasteiger partial charge in [-0.3, -0.25) is 4.98 Å². The second kappa shape index (κ2) is 10.4. The average molecular weight is 521 g/mol. The fourth-order valence-electron chi connectivity index (χ4n) is 4.85. The lowest BCUT2D eigenvalue weighted by Gasteiger charge is -2.20. The fraction of sp³-hybridized carbons (Fsp3) is 0.286. The number of ether oxygens (including phenoxy) is 1. The molecule has 0 aliphatic rings. The number of pyridine rings is 1. The molecule has 0 spiro atoms. The van der Waals surface area contributed by atoms with E-state index >= 15 is 0 Å². The Balaban J connectivity index is 1.47. The quantitative estimate of drug-likeness (QED) is 0.286. The zero-order valence-electron chi connectivity index (χ0n) is 21.0. The molecule has 3 heterocycles. The van der Waals surface area contributed by atoms with E-state index in [4.69, 9.17) is 15.5 Å². The molecule has 2 N–H and O–H groups in total. The van der Waals surface area contributed by atoms with E-state index < -0.39 is 12.0 Å². The van der Waals surface area contributed by atoms with Crippen LogP contribution < -0.4 is 10.5 Å². The zero-order valence-corrected chi connectivity index (χ0v) is 21.0. The maximum atomic E-state index is 13.5. The van der Waals surface area contributed by atoms with Crippen LogP contribution in [0.2, 0.25) is 0 Å². The number of aromatic nitrogens is 5. The number of hydrogen-bond donors (Lipinski definition) is 1. The monoisotopic (exact) mass is 520 g/mol. The van der Waals surface area contributed by atoms with Crippen molar-refractivity contribution in [1.29, 1.82) is 0 Å². The van der Waals surface area contributed by atoms with Gasteiger partial charge in [-0.2, -0.15) is 17.7 Å². The fourth-order valence-corrected chi connectivity index (χ4v) is 4.85. The van der Waals surface area contributed by atoms with Crippen molar-refractivity contribution in [3.8, 4) is 5.88 Å². The summed E-state index contributed by atoms with van der Waals surface area (Å²) < 4.78 is 47.2. The van der Waals surface area contributed by atoms with Crippen molar-refractivity contribution in [2.75, 3.05) is 6.54 Å². The van der Waals surface area contributed by atoms with Crippen LogP contribution in [-0.4, -0.2) is 31.3 Å². The summed E-state index contributed by atoms with van der Waals surface area (Å²) in [5.74, 6) is -1.08. The number of benzene rings is 2. The van der Waals surface area contributed by atoms with Crippen molar-refractivity contribution >= 4 is 16.4 Å². The maximum Gasteiger partial charge on any atom is 0.453 e. The summed E-state index contributed by atoms with van der Waals surface area (Å²) in [4.78, 5) is 4.85. The molecule has 5 rings (SSSR count). The van der Waals surface area contributed by atoms with Crippen molar-refractivity contribution < 1.29 is 17.9 Å². The van der Waals surface area contributed by atoms with Gasteiger partial charge in [0.25, 0.3) is 5.82 Å². The van der Waals surface area contributed by atoms with E-state index in [0.717, 1.165) is 18.5 Å². The lowest BCUT2D eigenvalue weighted by Crippen LogP contribution is -2.13. The van der Waals surface area contributed by atoms with E-state index in [-0.39, 0.29) is 24.1 Å². The molecule has 38 heavy (non-hydrogen) atoms. The Bertz CT molecular complexity index is 1600. The number of nitrogens with two attached hydrogens (primary N) is 1. The molecule has 5 aromatic rings. The molecule has 7 nitrogen and oxygen atoms in total. The molecule has 196 valence electrons. The second-order valence-electron chi connectivity index (χ2n) is 9.08. The van der Waals surface area contributed by atoms with Crippen LogP contribution in [0.3, 0.4) is 0 Å². The SMILES string of the molecule is CCC(c1cccc(COc2nn3c(C(F)(F)F)nnc3c3ccccc23)n1)c1cccc(CCN)c1C. The van der Waals surface area contributed by atoms with Gasteiger partial charge >= 0.3 is 6.18 Å². The summed E-state index contributed by atoms with van der Waals surface area (Å²) in [5.41, 5.74) is 11.0. The highest BCUT2D eigenvalue weighted by Gasteiger charge is 2.38. The minimum absolute atomic E-state index is 0.0124. The summed E-state index contributed by atoms with van der Waals surface area (Å²) in [7, 11) is 0. The minimum atomic E-state index is -4.71. The lowest BCUT2D eigenvalue weighted by atomic mass is 9.87. The zero-order chi connectivity index (χ0) is 26.9. The first kappa shape index (κ1) is 25.6. The molecular formula is C28H27F3N6O. The molecule has 0 saturated carbocycles. The van der Waals surface area contributed by atoms with E-state index in [1.165, 1.54) is 16.7 Å². The van der Waals surface area contributed by atoms with Crippen molar-refractivity contribution in [1.82, 2.24) is 24.8 Å². The van der Waals surface area contributed by atoms with Crippen LogP contribution in [0.15, 0.2) is 60.7 Å². The van der Waals surface area contributed by atoms with Crippen molar-refractivity contribution in [3.63, 3.8) is 0 Å². The normalized spacial score (nSPS) is 12.8. The Kier molecular flexibility index (Phi) is 6.98. The van der Waals surface area contributed by atoms with E-state index in [2.05, 4.69) is 47.3 Å². The standard InChI is InChI=1S/C28H27F3N6O/c1-3-20(21-12-6-8-18(14-15-32)17(21)2)24-13-7-9-19(33-24)16-38-26-23-11-5-4-10-22(23)25-34-35-27(28(29,30)31)37(25)36-26/h4-13,20H,3,14-16,32H2,1-2H3. The topological polar surface area (TPSA) is 91.2 Å². The molecule has 0 amide bonds. The largest absolute Gasteiger partial charge is 0.470 e. The minimum Gasteiger partial charge on any atom is -0.470 e. The highest BCUT2D eigenvalue weighted by molar-refractivity contribution is 5.96. The molecule has 0 aliphatic heterocycles. The predicted molar refractivity (Wildman–Crippen MR) is 138 cm³/mol. The van der Waals surface area contributed by atoms with Gasteiger partial charge in [0.05, 0.1) is 5.69 Å². The van der Waals surface area contributed by atoms with Gasteiger partial charge in [0.2, 0.25) is 5.88 Å². The van der Waals surface area contributed by atoms with Gasteiger partial charge in [0, 0.05) is 22.4 Å². The summed E-state index contributed by atoms with van der Waals surface area (Å²) in [5, 5.41) is 12.2. The highest BCUT2D eigenvalue weighted by Crippen LogP contribution is 2.33. The summed E-state index contributed by atoms with van der Waals surface area (Å²) in [6.45, 7) is 4.85. The highest BCUT2D eigenvalue weighted by atomic mass is 19.4. The molecule has 3 aromatic heterocycles. The first-order valence-corrected chi connectivity index (χ1v) is 12.4. The van der Waals surface area contributed by atoms with Gasteiger partial charge in [-0.1, -0.05) is 49.4 Å². The average Bonchev–Trinajstić information content (AvgIpc) is 3.35. The van der Waals surface area contributed by atoms with Gasteiger partial charge in [0.1, 0.15) is 6.61 Å². The summed E-state index contributed by atoms with van der Waals surface area (Å²) in [6.07, 6.45) is -3.05. The summed E-state index contributed by atoms with van der Waals surface area (Å²) in [6, 6.07) is 18.9. The molecule has 0 aliphatic carbocycles. The predicted octanol–water partition coefficient (Wildman–Crippen LogP) is 5.62. The van der Waals surface area contributed by atoms with Crippen LogP contribution in [-0.2, 0) is 19.2 Å². The van der Waals surface area contributed by atoms with Crippen LogP contribution in [0.5, 0.6) is 5.88 Å². The summed E-state index contributed by atoms with van der Waals surface area (Å²) >= 11 is 0. The van der Waals surface area contributed by atoms with Crippen LogP contribution in [0.1, 0.15) is 53.2 Å². The number of nitrogens with zero attached hydrogens (tertiary/aromatic N) is 5. The van der Waals surface area contributed by atoms with E-state index in [0.29, 0.717) is 27.5 Å². The smallest absolute Gasteiger partial charge is 0.453 e. The molecule has 1 atom stereocenters.